The van der Waals surface area contributed by atoms with Crippen LogP contribution in [0.3, 0.4) is 0 Å². The Morgan fingerprint density at radius 3 is 1.39 bits per heavy atom. The molecule has 0 amide bonds. The lowest BCUT2D eigenvalue weighted by Gasteiger charge is -2.03. The summed E-state index contributed by atoms with van der Waals surface area (Å²) in [5.74, 6) is 0.839. The number of esters is 2. The van der Waals surface area contributed by atoms with Crippen LogP contribution in [-0.2, 0) is 19.1 Å². The largest absolute Gasteiger partial charge is 0.469 e. The van der Waals surface area contributed by atoms with Gasteiger partial charge in [0.2, 0.25) is 0 Å². The first-order valence-corrected chi connectivity index (χ1v) is 9.74. The normalized spacial score (nSPS) is 24.4. The van der Waals surface area contributed by atoms with Crippen LogP contribution in [0.4, 0.5) is 0 Å². The van der Waals surface area contributed by atoms with Crippen LogP contribution in [-0.4, -0.2) is 26.2 Å². The van der Waals surface area contributed by atoms with Crippen molar-refractivity contribution in [2.24, 2.45) is 11.8 Å². The maximum Gasteiger partial charge on any atom is 0.309 e. The van der Waals surface area contributed by atoms with Gasteiger partial charge < -0.3 is 9.47 Å². The van der Waals surface area contributed by atoms with Crippen molar-refractivity contribution in [2.45, 2.75) is 38.5 Å². The van der Waals surface area contributed by atoms with Crippen LogP contribution < -0.4 is 0 Å². The van der Waals surface area contributed by atoms with Crippen LogP contribution in [0.5, 0.6) is 0 Å². The van der Waals surface area contributed by atoms with Crippen molar-refractivity contribution in [3.05, 3.63) is 70.8 Å². The maximum absolute atomic E-state index is 11.2. The summed E-state index contributed by atoms with van der Waals surface area (Å²) in [6.07, 6.45) is 1.88. The van der Waals surface area contributed by atoms with Crippen molar-refractivity contribution >= 4 is 11.9 Å². The van der Waals surface area contributed by atoms with Crippen molar-refractivity contribution in [2.75, 3.05) is 14.2 Å². The second-order valence-electron chi connectivity index (χ2n) is 7.66. The van der Waals surface area contributed by atoms with E-state index in [2.05, 4.69) is 38.1 Å². The van der Waals surface area contributed by atoms with Crippen molar-refractivity contribution in [3.8, 4) is 0 Å². The second kappa shape index (κ2) is 8.59. The van der Waals surface area contributed by atoms with Crippen molar-refractivity contribution < 1.29 is 19.1 Å². The zero-order valence-electron chi connectivity index (χ0n) is 17.0. The van der Waals surface area contributed by atoms with E-state index in [0.29, 0.717) is 11.8 Å². The molecule has 4 atom stereocenters. The van der Waals surface area contributed by atoms with E-state index in [9.17, 15) is 9.59 Å². The molecular formula is C24H28O4. The zero-order chi connectivity index (χ0) is 20.3. The number of ether oxygens (including phenoxy) is 2. The number of hydrogen-bond donors (Lipinski definition) is 0. The number of carbonyl (C=O) groups excluding carboxylic acids is 2. The summed E-state index contributed by atoms with van der Waals surface area (Å²) in [7, 11) is 2.91. The minimum absolute atomic E-state index is 0.0711. The third-order valence-electron chi connectivity index (χ3n) is 5.76. The fourth-order valence-electron chi connectivity index (χ4n) is 3.91. The SMILES string of the molecule is COC(=O)C1CC1c1ccccc1C.COC(=O)C1CC1c1ccccc1C. The molecule has 0 bridgehead atoms. The van der Waals surface area contributed by atoms with Gasteiger partial charge in [-0.25, -0.2) is 0 Å². The molecule has 2 aromatic rings. The van der Waals surface area contributed by atoms with Gasteiger partial charge in [0, 0.05) is 0 Å². The van der Waals surface area contributed by atoms with E-state index in [1.807, 2.05) is 24.3 Å². The monoisotopic (exact) mass is 380 g/mol. The van der Waals surface area contributed by atoms with Gasteiger partial charge in [-0.3, -0.25) is 9.59 Å². The Balaban J connectivity index is 0.000000161. The Hall–Kier alpha value is -2.62. The average Bonchev–Trinajstić information content (AvgIpc) is 3.62. The summed E-state index contributed by atoms with van der Waals surface area (Å²) in [6.45, 7) is 4.17. The first-order chi connectivity index (χ1) is 13.5. The summed E-state index contributed by atoms with van der Waals surface area (Å²) < 4.78 is 9.45. The number of benzene rings is 2. The Morgan fingerprint density at radius 1 is 0.714 bits per heavy atom. The van der Waals surface area contributed by atoms with E-state index in [1.54, 1.807) is 0 Å². The molecule has 2 saturated carbocycles. The van der Waals surface area contributed by atoms with Gasteiger partial charge in [0.05, 0.1) is 26.1 Å². The van der Waals surface area contributed by atoms with E-state index < -0.39 is 0 Å². The van der Waals surface area contributed by atoms with Gasteiger partial charge in [-0.05, 0) is 60.8 Å². The van der Waals surface area contributed by atoms with E-state index in [-0.39, 0.29) is 23.8 Å². The molecule has 2 fully saturated rings. The lowest BCUT2D eigenvalue weighted by atomic mass is 10.0. The summed E-state index contributed by atoms with van der Waals surface area (Å²) in [4.78, 5) is 22.5. The molecular weight excluding hydrogens is 352 g/mol. The van der Waals surface area contributed by atoms with E-state index in [1.165, 1.54) is 36.5 Å². The number of rotatable bonds is 4. The van der Waals surface area contributed by atoms with Gasteiger partial charge in [0.25, 0.3) is 0 Å². The third-order valence-corrected chi connectivity index (χ3v) is 5.76. The van der Waals surface area contributed by atoms with E-state index in [0.717, 1.165) is 12.8 Å². The molecule has 0 aromatic heterocycles. The quantitative estimate of drug-likeness (QED) is 0.731. The van der Waals surface area contributed by atoms with Gasteiger partial charge in [0.15, 0.2) is 0 Å². The smallest absolute Gasteiger partial charge is 0.309 e. The predicted octanol–water partition coefficient (Wildman–Crippen LogP) is 4.54. The minimum atomic E-state index is -0.0711. The zero-order valence-corrected chi connectivity index (χ0v) is 17.0. The topological polar surface area (TPSA) is 52.6 Å². The van der Waals surface area contributed by atoms with Gasteiger partial charge >= 0.3 is 11.9 Å². The van der Waals surface area contributed by atoms with Gasteiger partial charge in [0.1, 0.15) is 0 Å². The van der Waals surface area contributed by atoms with Crippen LogP contribution in [0.1, 0.15) is 46.9 Å². The molecule has 0 radical (unpaired) electrons. The standard InChI is InChI=1S/2C12H14O2/c2*1-8-5-3-4-6-9(8)10-7-11(10)12(13)14-2/h2*3-6,10-11H,7H2,1-2H3. The van der Waals surface area contributed by atoms with Crippen LogP contribution in [0.15, 0.2) is 48.5 Å². The summed E-state index contributed by atoms with van der Waals surface area (Å²) in [5, 5.41) is 0. The molecule has 2 aliphatic rings. The molecule has 0 spiro atoms. The molecule has 0 heterocycles. The van der Waals surface area contributed by atoms with Gasteiger partial charge in [-0.15, -0.1) is 0 Å². The Labute approximate surface area is 166 Å². The highest BCUT2D eigenvalue weighted by atomic mass is 16.5. The molecule has 4 rings (SSSR count). The summed E-state index contributed by atoms with van der Waals surface area (Å²) in [5.41, 5.74) is 5.12. The fraction of sp³-hybridized carbons (Fsp3) is 0.417. The summed E-state index contributed by atoms with van der Waals surface area (Å²) in [6, 6.07) is 16.5. The number of carbonyl (C=O) groups is 2. The van der Waals surface area contributed by atoms with Gasteiger partial charge in [-0.1, -0.05) is 48.5 Å². The van der Waals surface area contributed by atoms with Crippen molar-refractivity contribution in [3.63, 3.8) is 0 Å². The van der Waals surface area contributed by atoms with Crippen LogP contribution in [0.2, 0.25) is 0 Å². The Kier molecular flexibility index (Phi) is 6.18. The fourth-order valence-corrected chi connectivity index (χ4v) is 3.91. The van der Waals surface area contributed by atoms with Crippen molar-refractivity contribution in [1.82, 2.24) is 0 Å². The van der Waals surface area contributed by atoms with Crippen LogP contribution >= 0.6 is 0 Å². The average molecular weight is 380 g/mol. The first kappa shape index (κ1) is 20.1. The Morgan fingerprint density at radius 2 is 1.07 bits per heavy atom. The molecule has 0 N–H and O–H groups in total. The first-order valence-electron chi connectivity index (χ1n) is 9.74. The number of methoxy groups -OCH3 is 2. The maximum atomic E-state index is 11.2. The lowest BCUT2D eigenvalue weighted by molar-refractivity contribution is -0.143. The molecule has 4 heteroatoms. The highest BCUT2D eigenvalue weighted by molar-refractivity contribution is 5.78. The molecule has 4 nitrogen and oxygen atoms in total. The molecule has 28 heavy (non-hydrogen) atoms. The second-order valence-corrected chi connectivity index (χ2v) is 7.66. The number of aryl methyl sites for hydroxylation is 2. The van der Waals surface area contributed by atoms with Gasteiger partial charge in [-0.2, -0.15) is 0 Å². The molecule has 2 aromatic carbocycles. The molecule has 0 saturated heterocycles. The Bertz CT molecular complexity index is 786. The molecule has 148 valence electrons. The molecule has 0 aliphatic heterocycles. The lowest BCUT2D eigenvalue weighted by Crippen LogP contribution is -2.04. The molecule has 2 aliphatic carbocycles. The number of hydrogen-bond acceptors (Lipinski definition) is 4. The van der Waals surface area contributed by atoms with E-state index in [4.69, 9.17) is 9.47 Å². The predicted molar refractivity (Wildman–Crippen MR) is 108 cm³/mol. The van der Waals surface area contributed by atoms with Crippen LogP contribution in [0.25, 0.3) is 0 Å². The molecule has 4 unspecified atom stereocenters. The highest BCUT2D eigenvalue weighted by Crippen LogP contribution is 2.49. The van der Waals surface area contributed by atoms with E-state index >= 15 is 0 Å². The van der Waals surface area contributed by atoms with Crippen molar-refractivity contribution in [1.29, 1.82) is 0 Å². The summed E-state index contributed by atoms with van der Waals surface area (Å²) >= 11 is 0. The highest BCUT2D eigenvalue weighted by Gasteiger charge is 2.46. The third kappa shape index (κ3) is 4.44. The minimum Gasteiger partial charge on any atom is -0.469 e. The van der Waals surface area contributed by atoms with Crippen LogP contribution in [0, 0.1) is 25.7 Å².